The molecule has 0 aromatic heterocycles. The Morgan fingerprint density at radius 1 is 1.33 bits per heavy atom. The van der Waals surface area contributed by atoms with Gasteiger partial charge in [-0.1, -0.05) is 19.3 Å². The summed E-state index contributed by atoms with van der Waals surface area (Å²) >= 11 is 0. The summed E-state index contributed by atoms with van der Waals surface area (Å²) in [6.07, 6.45) is 6.10. The Bertz CT molecular complexity index is 361. The van der Waals surface area contributed by atoms with E-state index in [1.807, 2.05) is 6.92 Å². The van der Waals surface area contributed by atoms with Crippen molar-refractivity contribution in [2.75, 3.05) is 18.8 Å². The molecule has 106 valence electrons. The Balaban J connectivity index is 2.44. The molecule has 0 aromatic rings. The summed E-state index contributed by atoms with van der Waals surface area (Å²) in [5, 5.41) is 11.4. The Morgan fingerprint density at radius 2 is 2.00 bits per heavy atom. The van der Waals surface area contributed by atoms with Crippen LogP contribution in [-0.2, 0) is 10.0 Å². The van der Waals surface area contributed by atoms with Crippen LogP contribution < -0.4 is 15.8 Å². The average molecular weight is 276 g/mol. The second kappa shape index (κ2) is 7.58. The van der Waals surface area contributed by atoms with Gasteiger partial charge in [-0.05, 0) is 19.8 Å². The fraction of sp³-hybridized carbons (Fsp3) is 0.909. The zero-order valence-electron chi connectivity index (χ0n) is 11.0. The van der Waals surface area contributed by atoms with Crippen LogP contribution in [0.2, 0.25) is 0 Å². The molecule has 0 amide bonds. The molecule has 0 radical (unpaired) electrons. The summed E-state index contributed by atoms with van der Waals surface area (Å²) in [6, 6.07) is 0.450. The molecular weight excluding hydrogens is 252 g/mol. The second-order valence-electron chi connectivity index (χ2n) is 4.61. The van der Waals surface area contributed by atoms with Crippen molar-refractivity contribution in [2.24, 2.45) is 10.1 Å². The molecule has 18 heavy (non-hydrogen) atoms. The van der Waals surface area contributed by atoms with Gasteiger partial charge in [-0.3, -0.25) is 4.99 Å². The first-order chi connectivity index (χ1) is 8.51. The van der Waals surface area contributed by atoms with Gasteiger partial charge in [0.1, 0.15) is 0 Å². The summed E-state index contributed by atoms with van der Waals surface area (Å²) in [6.45, 7) is 2.94. The monoisotopic (exact) mass is 276 g/mol. The van der Waals surface area contributed by atoms with E-state index in [2.05, 4.69) is 15.6 Å². The largest absolute Gasteiger partial charge is 0.357 e. The third-order valence-electron chi connectivity index (χ3n) is 2.94. The van der Waals surface area contributed by atoms with Gasteiger partial charge in [0, 0.05) is 12.6 Å². The molecule has 7 heteroatoms. The van der Waals surface area contributed by atoms with E-state index < -0.39 is 10.0 Å². The predicted molar refractivity (Wildman–Crippen MR) is 74.0 cm³/mol. The molecule has 4 N–H and O–H groups in total. The maximum atomic E-state index is 10.8. The number of nitrogens with one attached hydrogen (secondary N) is 2. The van der Waals surface area contributed by atoms with Crippen molar-refractivity contribution in [3.8, 4) is 0 Å². The molecule has 0 aliphatic heterocycles. The normalized spacial score (nSPS) is 18.7. The molecule has 0 heterocycles. The summed E-state index contributed by atoms with van der Waals surface area (Å²) < 4.78 is 21.7. The van der Waals surface area contributed by atoms with Crippen LogP contribution >= 0.6 is 0 Å². The Morgan fingerprint density at radius 3 is 2.56 bits per heavy atom. The lowest BCUT2D eigenvalue weighted by Crippen LogP contribution is -2.44. The first kappa shape index (κ1) is 15.2. The number of rotatable bonds is 5. The van der Waals surface area contributed by atoms with Gasteiger partial charge in [0.05, 0.1) is 12.3 Å². The van der Waals surface area contributed by atoms with Gasteiger partial charge in [-0.15, -0.1) is 0 Å². The number of aliphatic imine (C=N–C) groups is 1. The molecule has 1 saturated carbocycles. The highest BCUT2D eigenvalue weighted by molar-refractivity contribution is 7.89. The number of nitrogens with two attached hydrogens (primary N) is 1. The van der Waals surface area contributed by atoms with Gasteiger partial charge in [-0.2, -0.15) is 0 Å². The lowest BCUT2D eigenvalue weighted by atomic mass is 9.96. The maximum absolute atomic E-state index is 10.8. The summed E-state index contributed by atoms with van der Waals surface area (Å²) in [5.41, 5.74) is 0. The smallest absolute Gasteiger partial charge is 0.210 e. The molecule has 0 spiro atoms. The molecule has 0 bridgehead atoms. The first-order valence-corrected chi connectivity index (χ1v) is 8.28. The van der Waals surface area contributed by atoms with Crippen molar-refractivity contribution < 1.29 is 8.42 Å². The van der Waals surface area contributed by atoms with Gasteiger partial charge in [0.15, 0.2) is 5.96 Å². The van der Waals surface area contributed by atoms with Crippen LogP contribution in [0.25, 0.3) is 0 Å². The fourth-order valence-electron chi connectivity index (χ4n) is 2.04. The van der Waals surface area contributed by atoms with Crippen molar-refractivity contribution in [3.05, 3.63) is 0 Å². The quantitative estimate of drug-likeness (QED) is 0.492. The number of hydrogen-bond acceptors (Lipinski definition) is 3. The Labute approximate surface area is 109 Å². The molecule has 1 rings (SSSR count). The van der Waals surface area contributed by atoms with Gasteiger partial charge in [0.2, 0.25) is 10.0 Å². The van der Waals surface area contributed by atoms with Crippen molar-refractivity contribution in [3.63, 3.8) is 0 Å². The number of guanidine groups is 1. The van der Waals surface area contributed by atoms with Crippen molar-refractivity contribution >= 4 is 16.0 Å². The minimum absolute atomic E-state index is 0.117. The zero-order valence-corrected chi connectivity index (χ0v) is 11.8. The SMILES string of the molecule is CCNC(=NCCS(N)(=O)=O)NC1CCCCC1. The standard InChI is InChI=1S/C11H24N4O2S/c1-2-13-11(14-8-9-18(12,16)17)15-10-6-4-3-5-7-10/h10H,2-9H2,1H3,(H2,12,16,17)(H2,13,14,15). The third-order valence-corrected chi connectivity index (χ3v) is 3.69. The minimum Gasteiger partial charge on any atom is -0.357 e. The van der Waals surface area contributed by atoms with Gasteiger partial charge < -0.3 is 10.6 Å². The van der Waals surface area contributed by atoms with E-state index in [1.54, 1.807) is 0 Å². The predicted octanol–water partition coefficient (Wildman–Crippen LogP) is 0.163. The number of hydrogen-bond donors (Lipinski definition) is 3. The third kappa shape index (κ3) is 6.80. The molecule has 6 nitrogen and oxygen atoms in total. The average Bonchev–Trinajstić information content (AvgIpc) is 2.29. The van der Waals surface area contributed by atoms with Crippen LogP contribution in [0.1, 0.15) is 39.0 Å². The van der Waals surface area contributed by atoms with Gasteiger partial charge in [0.25, 0.3) is 0 Å². The molecule has 1 aliphatic rings. The maximum Gasteiger partial charge on any atom is 0.210 e. The fourth-order valence-corrected chi connectivity index (χ4v) is 2.39. The number of primary sulfonamides is 1. The van der Waals surface area contributed by atoms with Crippen LogP contribution in [0.3, 0.4) is 0 Å². The van der Waals surface area contributed by atoms with E-state index in [0.29, 0.717) is 12.0 Å². The second-order valence-corrected chi connectivity index (χ2v) is 6.34. The van der Waals surface area contributed by atoms with Crippen LogP contribution in [0.15, 0.2) is 4.99 Å². The van der Waals surface area contributed by atoms with Crippen LogP contribution in [0.5, 0.6) is 0 Å². The van der Waals surface area contributed by atoms with E-state index >= 15 is 0 Å². The highest BCUT2D eigenvalue weighted by Crippen LogP contribution is 2.17. The molecule has 0 aromatic carbocycles. The zero-order chi connectivity index (χ0) is 13.4. The van der Waals surface area contributed by atoms with Crippen LogP contribution in [-0.4, -0.2) is 39.3 Å². The molecule has 1 fully saturated rings. The van der Waals surface area contributed by atoms with E-state index in [1.165, 1.54) is 19.3 Å². The van der Waals surface area contributed by atoms with Gasteiger partial charge >= 0.3 is 0 Å². The van der Waals surface area contributed by atoms with E-state index in [-0.39, 0.29) is 12.3 Å². The summed E-state index contributed by atoms with van der Waals surface area (Å²) in [7, 11) is -3.43. The molecule has 0 saturated heterocycles. The van der Waals surface area contributed by atoms with Crippen molar-refractivity contribution in [2.45, 2.75) is 45.1 Å². The molecule has 0 atom stereocenters. The minimum atomic E-state index is -3.43. The van der Waals surface area contributed by atoms with Crippen LogP contribution in [0, 0.1) is 0 Å². The first-order valence-electron chi connectivity index (χ1n) is 6.56. The molecule has 0 unspecified atom stereocenters. The van der Waals surface area contributed by atoms with E-state index in [4.69, 9.17) is 5.14 Å². The molecule has 1 aliphatic carbocycles. The van der Waals surface area contributed by atoms with E-state index in [0.717, 1.165) is 19.4 Å². The van der Waals surface area contributed by atoms with Crippen molar-refractivity contribution in [1.29, 1.82) is 0 Å². The summed E-state index contributed by atoms with van der Waals surface area (Å²) in [5.74, 6) is 0.571. The van der Waals surface area contributed by atoms with Gasteiger partial charge in [-0.25, -0.2) is 13.6 Å². The van der Waals surface area contributed by atoms with Crippen molar-refractivity contribution in [1.82, 2.24) is 10.6 Å². The highest BCUT2D eigenvalue weighted by Gasteiger charge is 2.14. The topological polar surface area (TPSA) is 96.6 Å². The molecular formula is C11H24N4O2S. The number of sulfonamides is 1. The Kier molecular flexibility index (Phi) is 6.42. The summed E-state index contributed by atoms with van der Waals surface area (Å²) in [4.78, 5) is 4.23. The number of nitrogens with zero attached hydrogens (tertiary/aromatic N) is 1. The van der Waals surface area contributed by atoms with Crippen LogP contribution in [0.4, 0.5) is 0 Å². The lowest BCUT2D eigenvalue weighted by molar-refractivity contribution is 0.410. The van der Waals surface area contributed by atoms with E-state index in [9.17, 15) is 8.42 Å². The lowest BCUT2D eigenvalue weighted by Gasteiger charge is -2.24. The Hall–Kier alpha value is -0.820. The highest BCUT2D eigenvalue weighted by atomic mass is 32.2.